The van der Waals surface area contributed by atoms with Gasteiger partial charge in [0.15, 0.2) is 0 Å². The third-order valence-electron chi connectivity index (χ3n) is 6.92. The Kier molecular flexibility index (Phi) is 4.31. The standard InChI is InChI=1S/C28H24FNO/c1-17-16-24(17)18-6-8-19(9-7-18)31-27-13-11-23-20(10-12-25(29)28(23)27)21-14-15-30-26-5-3-2-4-22(21)26/h2-10,12,14-15,17,24,27H,11,13,16H2,1H3. The summed E-state index contributed by atoms with van der Waals surface area (Å²) >= 11 is 0. The van der Waals surface area contributed by atoms with Crippen LogP contribution in [0.25, 0.3) is 22.0 Å². The molecule has 2 aliphatic rings. The van der Waals surface area contributed by atoms with Crippen LogP contribution in [0.3, 0.4) is 0 Å². The zero-order valence-electron chi connectivity index (χ0n) is 17.5. The van der Waals surface area contributed by atoms with Gasteiger partial charge in [0, 0.05) is 17.1 Å². The number of para-hydroxylation sites is 1. The van der Waals surface area contributed by atoms with Gasteiger partial charge in [0.1, 0.15) is 17.7 Å². The topological polar surface area (TPSA) is 22.1 Å². The van der Waals surface area contributed by atoms with E-state index in [2.05, 4.69) is 30.1 Å². The Bertz CT molecular complexity index is 1270. The van der Waals surface area contributed by atoms with Gasteiger partial charge in [0.25, 0.3) is 0 Å². The van der Waals surface area contributed by atoms with E-state index < -0.39 is 0 Å². The van der Waals surface area contributed by atoms with Gasteiger partial charge >= 0.3 is 0 Å². The first-order valence-electron chi connectivity index (χ1n) is 11.1. The maximum atomic E-state index is 15.0. The van der Waals surface area contributed by atoms with Crippen molar-refractivity contribution in [3.8, 4) is 16.9 Å². The molecular weight excluding hydrogens is 385 g/mol. The number of ether oxygens (including phenoxy) is 1. The Morgan fingerprint density at radius 1 is 0.935 bits per heavy atom. The number of hydrogen-bond acceptors (Lipinski definition) is 2. The van der Waals surface area contributed by atoms with Gasteiger partial charge in [0.2, 0.25) is 0 Å². The van der Waals surface area contributed by atoms with Crippen molar-refractivity contribution < 1.29 is 9.13 Å². The van der Waals surface area contributed by atoms with E-state index in [0.29, 0.717) is 11.5 Å². The molecule has 3 aromatic carbocycles. The van der Waals surface area contributed by atoms with E-state index in [-0.39, 0.29) is 11.9 Å². The summed E-state index contributed by atoms with van der Waals surface area (Å²) in [6.45, 7) is 2.29. The molecule has 1 saturated carbocycles. The summed E-state index contributed by atoms with van der Waals surface area (Å²) in [5, 5.41) is 1.09. The number of fused-ring (bicyclic) bond motifs is 2. The normalized spacial score (nSPS) is 21.8. The number of rotatable bonds is 4. The SMILES string of the molecule is CC1CC1c1ccc(OC2CCc3c(-c4ccnc5ccccc45)ccc(F)c32)cc1. The molecule has 0 radical (unpaired) electrons. The van der Waals surface area contributed by atoms with Crippen LogP contribution in [0.4, 0.5) is 4.39 Å². The van der Waals surface area contributed by atoms with Gasteiger partial charge in [0.05, 0.1) is 5.52 Å². The molecule has 3 unspecified atom stereocenters. The summed E-state index contributed by atoms with van der Waals surface area (Å²) in [6, 6.07) is 22.0. The molecule has 6 rings (SSSR count). The molecule has 1 fully saturated rings. The van der Waals surface area contributed by atoms with E-state index >= 15 is 0 Å². The van der Waals surface area contributed by atoms with Crippen LogP contribution in [0.15, 0.2) is 72.9 Å². The highest BCUT2D eigenvalue weighted by atomic mass is 19.1. The Morgan fingerprint density at radius 2 is 1.74 bits per heavy atom. The first-order chi connectivity index (χ1) is 15.2. The van der Waals surface area contributed by atoms with Crippen LogP contribution in [-0.2, 0) is 6.42 Å². The lowest BCUT2D eigenvalue weighted by Gasteiger charge is -2.17. The van der Waals surface area contributed by atoms with Crippen LogP contribution >= 0.6 is 0 Å². The molecule has 0 spiro atoms. The summed E-state index contributed by atoms with van der Waals surface area (Å²) in [6.07, 6.45) is 4.44. The highest BCUT2D eigenvalue weighted by Gasteiger charge is 2.34. The number of benzene rings is 3. The number of pyridine rings is 1. The van der Waals surface area contributed by atoms with Crippen LogP contribution < -0.4 is 4.74 Å². The van der Waals surface area contributed by atoms with Crippen LogP contribution in [0, 0.1) is 11.7 Å². The van der Waals surface area contributed by atoms with Gasteiger partial charge in [-0.2, -0.15) is 0 Å². The molecule has 3 atom stereocenters. The predicted octanol–water partition coefficient (Wildman–Crippen LogP) is 7.23. The third kappa shape index (κ3) is 3.20. The lowest BCUT2D eigenvalue weighted by atomic mass is 9.94. The van der Waals surface area contributed by atoms with E-state index in [0.717, 1.165) is 52.1 Å². The average Bonchev–Trinajstić information content (AvgIpc) is 3.38. The Labute approximate surface area is 181 Å². The molecule has 0 aliphatic heterocycles. The Hall–Kier alpha value is -3.20. The molecule has 0 N–H and O–H groups in total. The molecule has 1 heterocycles. The molecule has 2 nitrogen and oxygen atoms in total. The van der Waals surface area contributed by atoms with Crippen molar-refractivity contribution in [2.75, 3.05) is 0 Å². The molecule has 3 heteroatoms. The fourth-order valence-corrected chi connectivity index (χ4v) is 5.12. The lowest BCUT2D eigenvalue weighted by Crippen LogP contribution is -2.06. The maximum Gasteiger partial charge on any atom is 0.130 e. The van der Waals surface area contributed by atoms with Crippen LogP contribution in [-0.4, -0.2) is 4.98 Å². The summed E-state index contributed by atoms with van der Waals surface area (Å²) in [5.74, 6) is 2.11. The van der Waals surface area contributed by atoms with Crippen molar-refractivity contribution in [3.05, 3.63) is 95.4 Å². The van der Waals surface area contributed by atoms with Crippen molar-refractivity contribution in [2.24, 2.45) is 5.92 Å². The molecular formula is C28H24FNO. The van der Waals surface area contributed by atoms with Crippen LogP contribution in [0.2, 0.25) is 0 Å². The van der Waals surface area contributed by atoms with Gasteiger partial charge in [-0.1, -0.05) is 43.3 Å². The molecule has 4 aromatic rings. The summed E-state index contributed by atoms with van der Waals surface area (Å²) in [7, 11) is 0. The minimum Gasteiger partial charge on any atom is -0.486 e. The molecule has 0 amide bonds. The maximum absolute atomic E-state index is 15.0. The monoisotopic (exact) mass is 409 g/mol. The molecule has 2 aliphatic carbocycles. The number of aromatic nitrogens is 1. The van der Waals surface area contributed by atoms with E-state index in [1.807, 2.05) is 48.7 Å². The molecule has 0 bridgehead atoms. The van der Waals surface area contributed by atoms with Crippen LogP contribution in [0.5, 0.6) is 5.75 Å². The van der Waals surface area contributed by atoms with Crippen molar-refractivity contribution in [1.82, 2.24) is 4.98 Å². The predicted molar refractivity (Wildman–Crippen MR) is 122 cm³/mol. The summed E-state index contributed by atoms with van der Waals surface area (Å²) in [5.41, 5.74) is 6.28. The number of halogens is 1. The summed E-state index contributed by atoms with van der Waals surface area (Å²) in [4.78, 5) is 4.48. The lowest BCUT2D eigenvalue weighted by molar-refractivity contribution is 0.203. The quantitative estimate of drug-likeness (QED) is 0.355. The second-order valence-corrected chi connectivity index (χ2v) is 8.90. The minimum atomic E-state index is -0.256. The summed E-state index contributed by atoms with van der Waals surface area (Å²) < 4.78 is 21.3. The van der Waals surface area contributed by atoms with Crippen molar-refractivity contribution >= 4 is 10.9 Å². The van der Waals surface area contributed by atoms with Crippen LogP contribution in [0.1, 0.15) is 48.5 Å². The van der Waals surface area contributed by atoms with E-state index in [9.17, 15) is 4.39 Å². The van der Waals surface area contributed by atoms with Gasteiger partial charge in [-0.05, 0) is 83.7 Å². The van der Waals surface area contributed by atoms with Crippen molar-refractivity contribution in [2.45, 2.75) is 38.2 Å². The fourth-order valence-electron chi connectivity index (χ4n) is 5.12. The van der Waals surface area contributed by atoms with Crippen molar-refractivity contribution in [3.63, 3.8) is 0 Å². The van der Waals surface area contributed by atoms with Gasteiger partial charge in [-0.25, -0.2) is 4.39 Å². The first kappa shape index (κ1) is 18.6. The minimum absolute atomic E-state index is 0.178. The van der Waals surface area contributed by atoms with Gasteiger partial charge in [-0.15, -0.1) is 0 Å². The average molecular weight is 410 g/mol. The zero-order chi connectivity index (χ0) is 20.9. The highest BCUT2D eigenvalue weighted by molar-refractivity contribution is 5.95. The molecule has 31 heavy (non-hydrogen) atoms. The van der Waals surface area contributed by atoms with Gasteiger partial charge in [-0.3, -0.25) is 4.98 Å². The zero-order valence-corrected chi connectivity index (χ0v) is 17.5. The first-order valence-corrected chi connectivity index (χ1v) is 11.1. The van der Waals surface area contributed by atoms with Crippen molar-refractivity contribution in [1.29, 1.82) is 0 Å². The highest BCUT2D eigenvalue weighted by Crippen LogP contribution is 2.47. The smallest absolute Gasteiger partial charge is 0.130 e. The van der Waals surface area contributed by atoms with Gasteiger partial charge < -0.3 is 4.74 Å². The molecule has 0 saturated heterocycles. The molecule has 1 aromatic heterocycles. The number of nitrogens with zero attached hydrogens (tertiary/aromatic N) is 1. The Morgan fingerprint density at radius 3 is 2.55 bits per heavy atom. The van der Waals surface area contributed by atoms with E-state index in [1.54, 1.807) is 6.07 Å². The van der Waals surface area contributed by atoms with E-state index in [4.69, 9.17) is 4.74 Å². The number of hydrogen-bond donors (Lipinski definition) is 0. The second-order valence-electron chi connectivity index (χ2n) is 8.90. The second kappa shape index (κ2) is 7.19. The Balaban J connectivity index is 1.35. The third-order valence-corrected chi connectivity index (χ3v) is 6.92. The molecule has 154 valence electrons. The largest absolute Gasteiger partial charge is 0.486 e. The fraction of sp³-hybridized carbons (Fsp3) is 0.250. The van der Waals surface area contributed by atoms with E-state index in [1.165, 1.54) is 12.0 Å².